The summed E-state index contributed by atoms with van der Waals surface area (Å²) in [6.07, 6.45) is 2.42. The predicted octanol–water partition coefficient (Wildman–Crippen LogP) is 2.56. The van der Waals surface area contributed by atoms with Crippen LogP contribution in [0.25, 0.3) is 0 Å². The van der Waals surface area contributed by atoms with Crippen LogP contribution in [0.3, 0.4) is 0 Å². The first-order valence-electron chi connectivity index (χ1n) is 11.0. The molecule has 2 aliphatic heterocycles. The van der Waals surface area contributed by atoms with Gasteiger partial charge in [0.1, 0.15) is 5.75 Å². The lowest BCUT2D eigenvalue weighted by Crippen LogP contribution is -2.42. The Bertz CT molecular complexity index is 1190. The number of sulfonamides is 1. The molecule has 0 unspecified atom stereocenters. The van der Waals surface area contributed by atoms with Gasteiger partial charge in [0, 0.05) is 31.7 Å². The number of sulfone groups is 1. The highest BCUT2D eigenvalue weighted by atomic mass is 32.2. The van der Waals surface area contributed by atoms with E-state index in [2.05, 4.69) is 0 Å². The quantitative estimate of drug-likeness (QED) is 0.614. The summed E-state index contributed by atoms with van der Waals surface area (Å²) < 4.78 is 57.8. The number of carbonyl (C=O) groups is 1. The number of piperidine rings is 1. The maximum atomic E-state index is 13.0. The van der Waals surface area contributed by atoms with Crippen LogP contribution in [0.4, 0.5) is 0 Å². The smallest absolute Gasteiger partial charge is 0.253 e. The van der Waals surface area contributed by atoms with E-state index >= 15 is 0 Å². The van der Waals surface area contributed by atoms with Gasteiger partial charge in [-0.15, -0.1) is 0 Å². The SMILES string of the molecule is COc1ccc(S(=O)(=O)C2CCN(C(=O)c3ccc(S(=O)(=O)N4CCCC4)cc3)CC2)cc1. The summed E-state index contributed by atoms with van der Waals surface area (Å²) in [5, 5.41) is -0.553. The lowest BCUT2D eigenvalue weighted by molar-refractivity contribution is 0.0725. The van der Waals surface area contributed by atoms with E-state index in [1.807, 2.05) is 0 Å². The van der Waals surface area contributed by atoms with Gasteiger partial charge in [0.25, 0.3) is 5.91 Å². The molecule has 0 N–H and O–H groups in total. The van der Waals surface area contributed by atoms with Crippen LogP contribution in [-0.4, -0.2) is 70.5 Å². The second kappa shape index (κ2) is 9.44. The zero-order valence-corrected chi connectivity index (χ0v) is 20.1. The second-order valence-electron chi connectivity index (χ2n) is 8.35. The van der Waals surface area contributed by atoms with Gasteiger partial charge >= 0.3 is 0 Å². The lowest BCUT2D eigenvalue weighted by atomic mass is 10.1. The summed E-state index contributed by atoms with van der Waals surface area (Å²) in [4.78, 5) is 15.0. The molecule has 0 radical (unpaired) electrons. The number of methoxy groups -OCH3 is 1. The molecule has 4 rings (SSSR count). The fourth-order valence-corrected chi connectivity index (χ4v) is 7.61. The number of benzene rings is 2. The van der Waals surface area contributed by atoms with Gasteiger partial charge in [0.05, 0.1) is 22.2 Å². The van der Waals surface area contributed by atoms with Gasteiger partial charge in [0.15, 0.2) is 9.84 Å². The second-order valence-corrected chi connectivity index (χ2v) is 12.5. The summed E-state index contributed by atoms with van der Waals surface area (Å²) in [7, 11) is -5.50. The van der Waals surface area contributed by atoms with Gasteiger partial charge in [-0.2, -0.15) is 4.31 Å². The molecule has 0 aliphatic carbocycles. The molecule has 2 aromatic rings. The van der Waals surface area contributed by atoms with Gasteiger partial charge in [-0.1, -0.05) is 0 Å². The minimum atomic E-state index is -3.53. The molecule has 1 amide bonds. The third-order valence-electron chi connectivity index (χ3n) is 6.36. The van der Waals surface area contributed by atoms with E-state index in [9.17, 15) is 21.6 Å². The third kappa shape index (κ3) is 4.78. The number of hydrogen-bond acceptors (Lipinski definition) is 6. The van der Waals surface area contributed by atoms with Gasteiger partial charge in [0.2, 0.25) is 10.0 Å². The van der Waals surface area contributed by atoms with Crippen molar-refractivity contribution in [2.45, 2.75) is 40.7 Å². The molecule has 0 atom stereocenters. The molecule has 0 spiro atoms. The molecule has 2 heterocycles. The third-order valence-corrected chi connectivity index (χ3v) is 10.6. The fraction of sp³-hybridized carbons (Fsp3) is 0.435. The Labute approximate surface area is 195 Å². The summed E-state index contributed by atoms with van der Waals surface area (Å²) >= 11 is 0. The van der Waals surface area contributed by atoms with Crippen LogP contribution in [0.5, 0.6) is 5.75 Å². The van der Waals surface area contributed by atoms with E-state index in [-0.39, 0.29) is 15.7 Å². The largest absolute Gasteiger partial charge is 0.497 e. The number of carbonyl (C=O) groups excluding carboxylic acids is 1. The minimum Gasteiger partial charge on any atom is -0.497 e. The van der Waals surface area contributed by atoms with Crippen molar-refractivity contribution in [3.8, 4) is 5.75 Å². The molecule has 0 bridgehead atoms. The molecule has 178 valence electrons. The summed E-state index contributed by atoms with van der Waals surface area (Å²) in [6, 6.07) is 12.4. The molecule has 0 saturated carbocycles. The van der Waals surface area contributed by atoms with Gasteiger partial charge < -0.3 is 9.64 Å². The maximum Gasteiger partial charge on any atom is 0.253 e. The van der Waals surface area contributed by atoms with Crippen LogP contribution in [-0.2, 0) is 19.9 Å². The van der Waals surface area contributed by atoms with Crippen LogP contribution < -0.4 is 4.74 Å². The van der Waals surface area contributed by atoms with E-state index in [1.54, 1.807) is 29.2 Å². The van der Waals surface area contributed by atoms with Crippen molar-refractivity contribution >= 4 is 25.8 Å². The predicted molar refractivity (Wildman–Crippen MR) is 124 cm³/mol. The summed E-state index contributed by atoms with van der Waals surface area (Å²) in [6.45, 7) is 1.70. The van der Waals surface area contributed by atoms with Crippen molar-refractivity contribution in [3.05, 3.63) is 54.1 Å². The molecule has 8 nitrogen and oxygen atoms in total. The topological polar surface area (TPSA) is 101 Å². The first kappa shape index (κ1) is 23.7. The summed E-state index contributed by atoms with van der Waals surface area (Å²) in [5.41, 5.74) is 0.395. The van der Waals surface area contributed by atoms with Gasteiger partial charge in [-0.3, -0.25) is 4.79 Å². The van der Waals surface area contributed by atoms with Crippen molar-refractivity contribution in [2.75, 3.05) is 33.3 Å². The Balaban J connectivity index is 1.40. The highest BCUT2D eigenvalue weighted by Gasteiger charge is 2.33. The highest BCUT2D eigenvalue weighted by molar-refractivity contribution is 7.92. The molecule has 2 fully saturated rings. The monoisotopic (exact) mass is 492 g/mol. The average Bonchev–Trinajstić information content (AvgIpc) is 3.40. The van der Waals surface area contributed by atoms with E-state index in [0.29, 0.717) is 50.3 Å². The van der Waals surface area contributed by atoms with Crippen molar-refractivity contribution in [3.63, 3.8) is 0 Å². The van der Waals surface area contributed by atoms with Crippen molar-refractivity contribution in [2.24, 2.45) is 0 Å². The Morgan fingerprint density at radius 3 is 1.91 bits per heavy atom. The number of likely N-dealkylation sites (tertiary alicyclic amines) is 1. The van der Waals surface area contributed by atoms with Crippen LogP contribution in [0.1, 0.15) is 36.0 Å². The fourth-order valence-electron chi connectivity index (χ4n) is 4.36. The Kier molecular flexibility index (Phi) is 6.78. The first-order chi connectivity index (χ1) is 15.7. The van der Waals surface area contributed by atoms with Crippen LogP contribution in [0, 0.1) is 0 Å². The zero-order chi connectivity index (χ0) is 23.6. The van der Waals surface area contributed by atoms with Crippen molar-refractivity contribution < 1.29 is 26.4 Å². The number of amides is 1. The number of hydrogen-bond donors (Lipinski definition) is 0. The van der Waals surface area contributed by atoms with Crippen molar-refractivity contribution in [1.82, 2.24) is 9.21 Å². The molecule has 2 aliphatic rings. The molecule has 33 heavy (non-hydrogen) atoms. The van der Waals surface area contributed by atoms with Crippen LogP contribution in [0.2, 0.25) is 0 Å². The van der Waals surface area contributed by atoms with Crippen LogP contribution >= 0.6 is 0 Å². The summed E-state index contributed by atoms with van der Waals surface area (Å²) in [5.74, 6) is 0.369. The molecule has 0 aromatic heterocycles. The molecule has 2 saturated heterocycles. The van der Waals surface area contributed by atoms with Gasteiger partial charge in [-0.25, -0.2) is 16.8 Å². The standard InChI is InChI=1S/C23H28N2O6S2/c1-31-19-6-10-20(11-7-19)32(27,28)21-12-16-24(17-13-21)23(26)18-4-8-22(9-5-18)33(29,30)25-14-2-3-15-25/h4-11,21H,2-3,12-17H2,1H3. The van der Waals surface area contributed by atoms with E-state index < -0.39 is 25.1 Å². The molecular formula is C23H28N2O6S2. The minimum absolute atomic E-state index is 0.185. The number of ether oxygens (including phenoxy) is 1. The zero-order valence-electron chi connectivity index (χ0n) is 18.5. The lowest BCUT2D eigenvalue weighted by Gasteiger charge is -2.32. The first-order valence-corrected chi connectivity index (χ1v) is 14.0. The van der Waals surface area contributed by atoms with E-state index in [1.165, 1.54) is 35.7 Å². The number of rotatable bonds is 6. The van der Waals surface area contributed by atoms with E-state index in [0.717, 1.165) is 12.8 Å². The Morgan fingerprint density at radius 2 is 1.36 bits per heavy atom. The normalized spacial score (nSPS) is 18.4. The van der Waals surface area contributed by atoms with Crippen molar-refractivity contribution in [1.29, 1.82) is 0 Å². The average molecular weight is 493 g/mol. The molecule has 2 aromatic carbocycles. The Hall–Kier alpha value is -2.43. The maximum absolute atomic E-state index is 13.0. The molecule has 10 heteroatoms. The van der Waals surface area contributed by atoms with Gasteiger partial charge in [-0.05, 0) is 74.2 Å². The van der Waals surface area contributed by atoms with E-state index in [4.69, 9.17) is 4.74 Å². The highest BCUT2D eigenvalue weighted by Crippen LogP contribution is 2.27. The number of nitrogens with zero attached hydrogens (tertiary/aromatic N) is 2. The van der Waals surface area contributed by atoms with Crippen LogP contribution in [0.15, 0.2) is 58.3 Å². The Morgan fingerprint density at radius 1 is 0.818 bits per heavy atom. The molecular weight excluding hydrogens is 464 g/mol.